The second-order valence-electron chi connectivity index (χ2n) is 8.11. The first-order valence-corrected chi connectivity index (χ1v) is 11.1. The van der Waals surface area contributed by atoms with E-state index in [0.29, 0.717) is 7.05 Å². The molecular formula is C18H11ClF18N6O4. The van der Waals surface area contributed by atoms with E-state index < -0.39 is 88.7 Å². The van der Waals surface area contributed by atoms with Crippen molar-refractivity contribution in [3.8, 4) is 11.8 Å². The molecule has 0 aliphatic carbocycles. The lowest BCUT2D eigenvalue weighted by molar-refractivity contribution is -0.307. The summed E-state index contributed by atoms with van der Waals surface area (Å²) in [5.41, 5.74) is -6.64. The van der Waals surface area contributed by atoms with E-state index in [-0.39, 0.29) is 15.6 Å². The van der Waals surface area contributed by atoms with E-state index in [2.05, 4.69) is 30.0 Å². The second-order valence-corrected chi connectivity index (χ2v) is 8.47. The van der Waals surface area contributed by atoms with E-state index in [4.69, 9.17) is 22.0 Å². The molecule has 2 aromatic heterocycles. The van der Waals surface area contributed by atoms with E-state index in [1.807, 2.05) is 0 Å². The van der Waals surface area contributed by atoms with Gasteiger partial charge in [0.25, 0.3) is 24.1 Å². The van der Waals surface area contributed by atoms with Crippen LogP contribution < -0.4 is 9.47 Å². The predicted molar refractivity (Wildman–Crippen MR) is 113 cm³/mol. The molecule has 2 atom stereocenters. The first-order valence-electron chi connectivity index (χ1n) is 10.7. The number of aryl methyl sites for hydroxylation is 2. The van der Waals surface area contributed by atoms with Crippen LogP contribution in [0.5, 0.6) is 11.8 Å². The lowest BCUT2D eigenvalue weighted by Crippen LogP contribution is -2.46. The number of hydrogen-bond acceptors (Lipinski definition) is 8. The van der Waals surface area contributed by atoms with Crippen molar-refractivity contribution >= 4 is 23.0 Å². The second kappa shape index (κ2) is 13.6. The van der Waals surface area contributed by atoms with E-state index in [1.54, 1.807) is 0 Å². The van der Waals surface area contributed by atoms with Gasteiger partial charge in [0.1, 0.15) is 16.8 Å². The van der Waals surface area contributed by atoms with Crippen LogP contribution in [0.2, 0.25) is 0 Å². The zero-order chi connectivity index (χ0) is 37.3. The van der Waals surface area contributed by atoms with Crippen LogP contribution in [-0.4, -0.2) is 78.3 Å². The maximum atomic E-state index is 13.1. The van der Waals surface area contributed by atoms with Gasteiger partial charge in [-0.3, -0.25) is 9.36 Å². The van der Waals surface area contributed by atoms with Gasteiger partial charge < -0.3 is 19.9 Å². The summed E-state index contributed by atoms with van der Waals surface area (Å²) in [5, 5.41) is 25.4. The average molecular weight is 753 g/mol. The minimum absolute atomic E-state index is 0.136. The Bertz CT molecular complexity index is 1440. The van der Waals surface area contributed by atoms with Gasteiger partial charge in [0, 0.05) is 14.1 Å². The Balaban J connectivity index is 0.000000470. The summed E-state index contributed by atoms with van der Waals surface area (Å²) in [6, 6.07) is 0. The molecule has 2 heterocycles. The summed E-state index contributed by atoms with van der Waals surface area (Å²) >= 11 is 5.17. The number of rotatable bonds is 8. The van der Waals surface area contributed by atoms with Crippen LogP contribution in [-0.2, 0) is 26.4 Å². The SMILES string of the molecule is Cn1nc(OC(F)(F)C(F)C(F)(F)F)c(C(F)(F)F)c1/C(Cl)=N/O.Cn1nc(OC(F)(F)C(F)C(F)(F)F)c(C(F)(F)F)c1/C=N/O. The summed E-state index contributed by atoms with van der Waals surface area (Å²) in [7, 11) is 1.48. The smallest absolute Gasteiger partial charge is 0.411 e. The van der Waals surface area contributed by atoms with Gasteiger partial charge in [-0.05, 0) is 0 Å². The van der Waals surface area contributed by atoms with Crippen LogP contribution in [0, 0.1) is 0 Å². The van der Waals surface area contributed by atoms with E-state index in [9.17, 15) is 79.0 Å². The summed E-state index contributed by atoms with van der Waals surface area (Å²) < 4.78 is 234. The molecule has 0 radical (unpaired) electrons. The topological polar surface area (TPSA) is 119 Å². The van der Waals surface area contributed by atoms with Crippen LogP contribution in [0.1, 0.15) is 22.5 Å². The van der Waals surface area contributed by atoms with Crippen LogP contribution in [0.4, 0.5) is 79.0 Å². The number of nitrogens with zero attached hydrogens (tertiary/aromatic N) is 6. The molecule has 0 spiro atoms. The molecule has 10 nitrogen and oxygen atoms in total. The Kier molecular flexibility index (Phi) is 11.9. The van der Waals surface area contributed by atoms with Crippen LogP contribution in [0.3, 0.4) is 0 Å². The highest BCUT2D eigenvalue weighted by molar-refractivity contribution is 6.69. The number of alkyl halides is 18. The Labute approximate surface area is 250 Å². The molecule has 2 aromatic rings. The van der Waals surface area contributed by atoms with Crippen molar-refractivity contribution in [1.82, 2.24) is 19.6 Å². The number of hydrogen-bond donors (Lipinski definition) is 2. The molecule has 2 N–H and O–H groups in total. The lowest BCUT2D eigenvalue weighted by atomic mass is 10.2. The van der Waals surface area contributed by atoms with Crippen molar-refractivity contribution in [2.75, 3.05) is 0 Å². The average Bonchev–Trinajstić information content (AvgIpc) is 3.36. The Hall–Kier alpha value is -4.01. The van der Waals surface area contributed by atoms with Crippen molar-refractivity contribution in [2.45, 2.75) is 49.3 Å². The molecule has 29 heteroatoms. The molecular weight excluding hydrogens is 742 g/mol. The highest BCUT2D eigenvalue weighted by Gasteiger charge is 2.61. The molecule has 0 aliphatic rings. The summed E-state index contributed by atoms with van der Waals surface area (Å²) in [4.78, 5) is 0. The number of halogens is 19. The number of aromatic nitrogens is 4. The van der Waals surface area contributed by atoms with Crippen molar-refractivity contribution in [1.29, 1.82) is 0 Å². The third kappa shape index (κ3) is 9.75. The zero-order valence-corrected chi connectivity index (χ0v) is 22.6. The van der Waals surface area contributed by atoms with Gasteiger partial charge in [0.15, 0.2) is 5.17 Å². The maximum Gasteiger partial charge on any atom is 0.440 e. The quantitative estimate of drug-likeness (QED) is 0.133. The van der Waals surface area contributed by atoms with Gasteiger partial charge in [-0.25, -0.2) is 8.78 Å². The van der Waals surface area contributed by atoms with E-state index in [1.165, 1.54) is 0 Å². The monoisotopic (exact) mass is 752 g/mol. The van der Waals surface area contributed by atoms with Gasteiger partial charge in [-0.1, -0.05) is 21.9 Å². The van der Waals surface area contributed by atoms with Crippen LogP contribution in [0.15, 0.2) is 10.3 Å². The van der Waals surface area contributed by atoms with Crippen LogP contribution >= 0.6 is 11.6 Å². The fraction of sp³-hybridized carbons (Fsp3) is 0.556. The maximum absolute atomic E-state index is 13.1. The molecule has 0 amide bonds. The molecule has 0 fully saturated rings. The minimum atomic E-state index is -6.11. The molecule has 0 saturated heterocycles. The molecule has 270 valence electrons. The molecule has 0 aromatic carbocycles. The molecule has 0 bridgehead atoms. The fourth-order valence-electron chi connectivity index (χ4n) is 2.90. The fourth-order valence-corrected chi connectivity index (χ4v) is 3.12. The highest BCUT2D eigenvalue weighted by atomic mass is 35.5. The van der Waals surface area contributed by atoms with Crippen molar-refractivity contribution < 1.29 is 98.9 Å². The number of oxime groups is 2. The van der Waals surface area contributed by atoms with Gasteiger partial charge in [-0.15, -0.1) is 10.2 Å². The predicted octanol–water partition coefficient (Wildman–Crippen LogP) is 6.80. The highest BCUT2D eigenvalue weighted by Crippen LogP contribution is 2.44. The standard InChI is InChI=1S/C9H5ClF9N3O2.C9H6F9N3O2/c1-22-3(4(10)21-23)2(7(12,13)14)5(20-22)24-9(18,19)6(11)8(15,16)17;1-21-3(2-19-22)4(7(11,12)13)5(20-21)23-9(17,18)6(10)8(14,15)16/h6,23H,1H3;2,6,22H,1H3/b21-4-;19-2+. The van der Waals surface area contributed by atoms with Gasteiger partial charge in [-0.2, -0.15) is 70.2 Å². The normalized spacial score (nSPS) is 15.4. The van der Waals surface area contributed by atoms with Gasteiger partial charge in [0.05, 0.1) is 11.9 Å². The molecule has 0 saturated carbocycles. The minimum Gasteiger partial charge on any atom is -0.411 e. The third-order valence-electron chi connectivity index (χ3n) is 4.74. The van der Waals surface area contributed by atoms with Gasteiger partial charge >= 0.3 is 36.9 Å². The van der Waals surface area contributed by atoms with E-state index >= 15 is 0 Å². The van der Waals surface area contributed by atoms with Crippen molar-refractivity contribution in [3.63, 3.8) is 0 Å². The van der Waals surface area contributed by atoms with Crippen molar-refractivity contribution in [2.24, 2.45) is 24.4 Å². The van der Waals surface area contributed by atoms with Crippen LogP contribution in [0.25, 0.3) is 0 Å². The number of ether oxygens (including phenoxy) is 2. The summed E-state index contributed by atoms with van der Waals surface area (Å²) in [6.45, 7) is 0. The lowest BCUT2D eigenvalue weighted by Gasteiger charge is -2.22. The Morgan fingerprint density at radius 1 is 0.702 bits per heavy atom. The largest absolute Gasteiger partial charge is 0.440 e. The summed E-state index contributed by atoms with van der Waals surface area (Å²) in [6.07, 6.45) is -44.2. The molecule has 2 unspecified atom stereocenters. The zero-order valence-electron chi connectivity index (χ0n) is 21.8. The van der Waals surface area contributed by atoms with Crippen molar-refractivity contribution in [3.05, 3.63) is 22.5 Å². The van der Waals surface area contributed by atoms with E-state index in [0.717, 1.165) is 7.05 Å². The third-order valence-corrected chi connectivity index (χ3v) is 4.99. The molecule has 2 rings (SSSR count). The molecule has 47 heavy (non-hydrogen) atoms. The Morgan fingerprint density at radius 3 is 1.38 bits per heavy atom. The molecule has 0 aliphatic heterocycles. The first-order chi connectivity index (χ1) is 20.8. The summed E-state index contributed by atoms with van der Waals surface area (Å²) in [5.74, 6) is -4.09. The van der Waals surface area contributed by atoms with Gasteiger partial charge in [0.2, 0.25) is 0 Å². The first kappa shape index (κ1) is 41.0. The Morgan fingerprint density at radius 2 is 1.06 bits per heavy atom.